The second-order valence-electron chi connectivity index (χ2n) is 10.5. The summed E-state index contributed by atoms with van der Waals surface area (Å²) in [6.07, 6.45) is -0.451. The van der Waals surface area contributed by atoms with Crippen molar-refractivity contribution in [3.8, 4) is 0 Å². The minimum Gasteiger partial charge on any atom is -0.373 e. The first kappa shape index (κ1) is 29.0. The fourth-order valence-electron chi connectivity index (χ4n) is 4.48. The number of amides is 1. The Balaban J connectivity index is 1.38. The number of carbonyl (C=O) groups excluding carboxylic acids is 1. The van der Waals surface area contributed by atoms with Gasteiger partial charge in [0.15, 0.2) is 5.82 Å². The Bertz CT molecular complexity index is 1610. The van der Waals surface area contributed by atoms with Crippen LogP contribution in [0, 0.1) is 6.92 Å². The molecule has 1 amide bonds. The molecule has 1 aliphatic rings. The lowest BCUT2D eigenvalue weighted by Crippen LogP contribution is -2.38. The third-order valence-electron chi connectivity index (χ3n) is 7.11. The molecule has 1 saturated heterocycles. The highest BCUT2D eigenvalue weighted by molar-refractivity contribution is 6.05. The third-order valence-corrected chi connectivity index (χ3v) is 7.11. The summed E-state index contributed by atoms with van der Waals surface area (Å²) in [5.41, 5.74) is 2.08. The number of nitrogens with zero attached hydrogens (tertiary/aromatic N) is 7. The largest absolute Gasteiger partial charge is 0.418 e. The van der Waals surface area contributed by atoms with Crippen LogP contribution in [0.1, 0.15) is 27.9 Å². The van der Waals surface area contributed by atoms with Gasteiger partial charge in [0.05, 0.1) is 11.8 Å². The quantitative estimate of drug-likeness (QED) is 0.285. The molecule has 0 aliphatic carbocycles. The normalized spacial score (nSPS) is 13.3. The molecule has 13 heteroatoms. The molecule has 10 nitrogen and oxygen atoms in total. The van der Waals surface area contributed by atoms with Gasteiger partial charge in [0.1, 0.15) is 17.4 Å². The standard InChI is InChI=1S/C29H32F3N9O/c1-18-6-7-19(14-22(18)37-26-25-23(34-17-35-26)16-33-28(38-25)41-10-5-11-41)27(42)36-20-8-9-24(21(15-20)29(30,31)32)40(4)13-12-39(2)3/h6-9,14-17H,5,10-13H2,1-4H3,(H,36,42)(H,34,35,37). The molecule has 4 aromatic rings. The molecule has 2 aromatic carbocycles. The minimum absolute atomic E-state index is 0.0438. The molecule has 2 N–H and O–H groups in total. The van der Waals surface area contributed by atoms with Gasteiger partial charge in [0, 0.05) is 55.9 Å². The number of hydrogen-bond acceptors (Lipinski definition) is 9. The Morgan fingerprint density at radius 1 is 1.02 bits per heavy atom. The van der Waals surface area contributed by atoms with Crippen LogP contribution < -0.4 is 20.4 Å². The summed E-state index contributed by atoms with van der Waals surface area (Å²) in [6, 6.07) is 8.83. The van der Waals surface area contributed by atoms with Crippen molar-refractivity contribution in [2.24, 2.45) is 0 Å². The molecule has 42 heavy (non-hydrogen) atoms. The highest BCUT2D eigenvalue weighted by Crippen LogP contribution is 2.38. The smallest absolute Gasteiger partial charge is 0.373 e. The van der Waals surface area contributed by atoms with Gasteiger partial charge < -0.3 is 25.3 Å². The predicted octanol–water partition coefficient (Wildman–Crippen LogP) is 4.95. The molecule has 0 atom stereocenters. The fraction of sp³-hybridized carbons (Fsp3) is 0.345. The van der Waals surface area contributed by atoms with Crippen molar-refractivity contribution in [1.82, 2.24) is 24.8 Å². The Morgan fingerprint density at radius 3 is 2.50 bits per heavy atom. The first-order valence-electron chi connectivity index (χ1n) is 13.5. The van der Waals surface area contributed by atoms with E-state index in [1.165, 1.54) is 18.5 Å². The van der Waals surface area contributed by atoms with E-state index in [0.717, 1.165) is 31.1 Å². The molecule has 220 valence electrons. The zero-order chi connectivity index (χ0) is 30.0. The number of nitrogens with one attached hydrogen (secondary N) is 2. The van der Waals surface area contributed by atoms with Gasteiger partial charge in [-0.25, -0.2) is 19.9 Å². The maximum absolute atomic E-state index is 14.0. The number of carbonyl (C=O) groups is 1. The average Bonchev–Trinajstić information content (AvgIpc) is 2.91. The number of halogens is 3. The predicted molar refractivity (Wildman–Crippen MR) is 158 cm³/mol. The second-order valence-corrected chi connectivity index (χ2v) is 10.5. The molecule has 5 rings (SSSR count). The Hall–Kier alpha value is -4.52. The Labute approximate surface area is 241 Å². The minimum atomic E-state index is -4.59. The maximum atomic E-state index is 14.0. The lowest BCUT2D eigenvalue weighted by molar-refractivity contribution is -0.137. The van der Waals surface area contributed by atoms with E-state index in [9.17, 15) is 18.0 Å². The Kier molecular flexibility index (Phi) is 8.12. The zero-order valence-electron chi connectivity index (χ0n) is 23.8. The van der Waals surface area contributed by atoms with Crippen LogP contribution in [0.15, 0.2) is 48.9 Å². The first-order valence-corrected chi connectivity index (χ1v) is 13.5. The van der Waals surface area contributed by atoms with Gasteiger partial charge in [-0.1, -0.05) is 6.07 Å². The monoisotopic (exact) mass is 579 g/mol. The van der Waals surface area contributed by atoms with Crippen LogP contribution in [-0.4, -0.2) is 78.1 Å². The Morgan fingerprint density at radius 2 is 1.81 bits per heavy atom. The van der Waals surface area contributed by atoms with Gasteiger partial charge >= 0.3 is 6.18 Å². The number of aromatic nitrogens is 4. The molecular formula is C29H32F3N9O. The number of fused-ring (bicyclic) bond motifs is 1. The summed E-state index contributed by atoms with van der Waals surface area (Å²) >= 11 is 0. The van der Waals surface area contributed by atoms with Gasteiger partial charge in [-0.3, -0.25) is 4.79 Å². The van der Waals surface area contributed by atoms with E-state index < -0.39 is 17.6 Å². The van der Waals surface area contributed by atoms with Crippen LogP contribution in [0.5, 0.6) is 0 Å². The van der Waals surface area contributed by atoms with Crippen molar-refractivity contribution in [3.05, 3.63) is 65.6 Å². The summed E-state index contributed by atoms with van der Waals surface area (Å²) < 4.78 is 41.9. The molecule has 2 aromatic heterocycles. The SMILES string of the molecule is Cc1ccc(C(=O)Nc2ccc(N(C)CCN(C)C)c(C(F)(F)F)c2)cc1Nc1ncnc2cnc(N3CCC3)nc12. The average molecular weight is 580 g/mol. The zero-order valence-corrected chi connectivity index (χ0v) is 23.8. The number of aryl methyl sites for hydroxylation is 1. The highest BCUT2D eigenvalue weighted by atomic mass is 19.4. The van der Waals surface area contributed by atoms with Gasteiger partial charge in [-0.05, 0) is 63.3 Å². The van der Waals surface area contributed by atoms with Crippen molar-refractivity contribution in [3.63, 3.8) is 0 Å². The first-order chi connectivity index (χ1) is 20.0. The summed E-state index contributed by atoms with van der Waals surface area (Å²) in [5.74, 6) is 0.507. The van der Waals surface area contributed by atoms with E-state index in [4.69, 9.17) is 0 Å². The van der Waals surface area contributed by atoms with E-state index in [0.29, 0.717) is 41.6 Å². The summed E-state index contributed by atoms with van der Waals surface area (Å²) in [4.78, 5) is 36.4. The van der Waals surface area contributed by atoms with E-state index in [1.807, 2.05) is 25.9 Å². The summed E-state index contributed by atoms with van der Waals surface area (Å²) in [6.45, 7) is 4.65. The summed E-state index contributed by atoms with van der Waals surface area (Å²) in [7, 11) is 5.33. The van der Waals surface area contributed by atoms with Gasteiger partial charge in [-0.15, -0.1) is 0 Å². The number of alkyl halides is 3. The van der Waals surface area contributed by atoms with Crippen molar-refractivity contribution >= 4 is 45.8 Å². The topological polar surface area (TPSA) is 102 Å². The number of benzene rings is 2. The van der Waals surface area contributed by atoms with Crippen LogP contribution in [0.3, 0.4) is 0 Å². The maximum Gasteiger partial charge on any atom is 0.418 e. The third kappa shape index (κ3) is 6.35. The lowest BCUT2D eigenvalue weighted by atomic mass is 10.1. The molecule has 1 fully saturated rings. The van der Waals surface area contributed by atoms with E-state index in [2.05, 4.69) is 35.5 Å². The number of likely N-dealkylation sites (N-methyl/N-ethyl adjacent to an activating group) is 2. The molecule has 0 saturated carbocycles. The van der Waals surface area contributed by atoms with Crippen molar-refractivity contribution in [2.45, 2.75) is 19.5 Å². The van der Waals surface area contributed by atoms with Crippen molar-refractivity contribution in [2.75, 3.05) is 67.8 Å². The van der Waals surface area contributed by atoms with Crippen molar-refractivity contribution in [1.29, 1.82) is 0 Å². The highest BCUT2D eigenvalue weighted by Gasteiger charge is 2.35. The van der Waals surface area contributed by atoms with Crippen LogP contribution >= 0.6 is 0 Å². The molecule has 3 heterocycles. The summed E-state index contributed by atoms with van der Waals surface area (Å²) in [5, 5.41) is 5.86. The van der Waals surface area contributed by atoms with Crippen LogP contribution in [0.25, 0.3) is 11.0 Å². The van der Waals surface area contributed by atoms with Crippen molar-refractivity contribution < 1.29 is 18.0 Å². The van der Waals surface area contributed by atoms with Crippen LogP contribution in [0.2, 0.25) is 0 Å². The van der Waals surface area contributed by atoms with E-state index in [-0.39, 0.29) is 16.9 Å². The fourth-order valence-corrected chi connectivity index (χ4v) is 4.48. The number of hydrogen-bond donors (Lipinski definition) is 2. The van der Waals surface area contributed by atoms with Gasteiger partial charge in [0.25, 0.3) is 5.91 Å². The number of rotatable bonds is 9. The van der Waals surface area contributed by atoms with Crippen LogP contribution in [0.4, 0.5) is 42.0 Å². The molecule has 0 unspecified atom stereocenters. The molecule has 1 aliphatic heterocycles. The molecule has 0 spiro atoms. The van der Waals surface area contributed by atoms with E-state index >= 15 is 0 Å². The van der Waals surface area contributed by atoms with Crippen LogP contribution in [-0.2, 0) is 6.18 Å². The van der Waals surface area contributed by atoms with E-state index in [1.54, 1.807) is 36.3 Å². The second kappa shape index (κ2) is 11.8. The molecular weight excluding hydrogens is 547 g/mol. The van der Waals surface area contributed by atoms with Gasteiger partial charge in [-0.2, -0.15) is 13.2 Å². The van der Waals surface area contributed by atoms with Gasteiger partial charge in [0.2, 0.25) is 5.95 Å². The molecule has 0 bridgehead atoms. The molecule has 0 radical (unpaired) electrons. The number of anilines is 5. The lowest BCUT2D eigenvalue weighted by Gasteiger charge is -2.30.